The Hall–Kier alpha value is -2.35. The molecule has 76 heavy (non-hydrogen) atoms. The van der Waals surface area contributed by atoms with Crippen molar-refractivity contribution in [2.24, 2.45) is 5.41 Å². The molecule has 0 spiro atoms. The molecule has 22 saturated heterocycles. The molecule has 22 aliphatic heterocycles. The first-order chi connectivity index (χ1) is 35.9. The van der Waals surface area contributed by atoms with Gasteiger partial charge in [-0.2, -0.15) is 0 Å². The number of aliphatic hydroxyl groups excluding tert-OH is 17. The van der Waals surface area contributed by atoms with E-state index in [1.807, 2.05) is 0 Å². The Labute approximate surface area is 429 Å². The summed E-state index contributed by atoms with van der Waals surface area (Å²) in [7, 11) is 0. The Morgan fingerprint density at radius 3 is 0.737 bits per heavy atom. The van der Waals surface area contributed by atoms with Crippen LogP contribution in [0.3, 0.4) is 0 Å². The molecule has 0 radical (unpaired) electrons. The van der Waals surface area contributed by atoms with Gasteiger partial charge in [-0.3, -0.25) is 14.4 Å². The van der Waals surface area contributed by atoms with E-state index in [9.17, 15) is 101 Å². The third-order valence-corrected chi connectivity index (χ3v) is 14.7. The zero-order valence-electron chi connectivity index (χ0n) is 40.7. The van der Waals surface area contributed by atoms with E-state index in [0.29, 0.717) is 0 Å². The van der Waals surface area contributed by atoms with Crippen LogP contribution in [0, 0.1) is 5.41 Å². The minimum atomic E-state index is -2.56. The fraction of sp³-hybridized carbons (Fsp3) is 0.930. The van der Waals surface area contributed by atoms with E-state index < -0.39 is 247 Å². The standard InChI is InChI=1S/C43H68O33/c1-10(50)43(3,11(2)51)42(63)76-35-28(62)41-69-17(9-49)34(35)75-40-27(61)22(56)32(15(7-47)68-40)73-38-25(59)20(54)30(13(5-45)66-38)71-36-23(57)18(52)29(12(4-44)64-36)70-37-24(58)19(53)31(14(6-46)65-37)72-39-26(60)21(55)33(74-41)16(8-48)67-39/h12-41,44-49,52-62H,4-9H2,1-3H3/t12-,13-,14-,15-,16-,17-,18-,19-,20-,21-,22-,23-,24-,25-,26-,27-,28-,29-,30-,31-,32-,33-,34+,35-,36-,37-,38-,39-,40-,41-/m1/s1. The van der Waals surface area contributed by atoms with Gasteiger partial charge in [0.05, 0.1) is 39.6 Å². The second-order valence-corrected chi connectivity index (χ2v) is 19.5. The molecule has 33 nitrogen and oxygen atoms in total. The molecule has 0 aromatic carbocycles. The molecule has 22 heterocycles. The van der Waals surface area contributed by atoms with Crippen LogP contribution in [-0.4, -0.2) is 328 Å². The van der Waals surface area contributed by atoms with E-state index in [-0.39, 0.29) is 0 Å². The van der Waals surface area contributed by atoms with Crippen molar-refractivity contribution < 1.29 is 163 Å². The van der Waals surface area contributed by atoms with Gasteiger partial charge in [-0.05, 0) is 20.8 Å². The van der Waals surface area contributed by atoms with Gasteiger partial charge < -0.3 is 148 Å². The summed E-state index contributed by atoms with van der Waals surface area (Å²) in [5, 5.41) is 188. The lowest BCUT2D eigenvalue weighted by Crippen LogP contribution is -2.69. The smallest absolute Gasteiger partial charge is 0.327 e. The number of hydrogen-bond donors (Lipinski definition) is 17. The van der Waals surface area contributed by atoms with Crippen molar-refractivity contribution >= 4 is 17.5 Å². The van der Waals surface area contributed by atoms with Crippen molar-refractivity contribution in [2.75, 3.05) is 39.6 Å². The second kappa shape index (κ2) is 25.2. The first-order valence-corrected chi connectivity index (χ1v) is 24.1. The molecule has 0 aromatic heterocycles. The lowest BCUT2D eigenvalue weighted by Gasteiger charge is -2.51. The van der Waals surface area contributed by atoms with Crippen molar-refractivity contribution in [2.45, 2.75) is 205 Å². The van der Waals surface area contributed by atoms with E-state index >= 15 is 0 Å². The molecule has 33 heteroatoms. The molecule has 0 saturated carbocycles. The summed E-state index contributed by atoms with van der Waals surface area (Å²) in [5.41, 5.74) is -2.56. The van der Waals surface area contributed by atoms with Crippen LogP contribution in [-0.2, 0) is 76.0 Å². The van der Waals surface area contributed by atoms with Crippen molar-refractivity contribution in [3.05, 3.63) is 0 Å². The number of ether oxygens (including phenoxy) is 13. The quantitative estimate of drug-likeness (QED) is 0.0713. The molecule has 0 unspecified atom stereocenters. The Balaban J connectivity index is 1.25. The fourth-order valence-corrected chi connectivity index (χ4v) is 9.82. The molecular weight excluding hydrogens is 1040 g/mol. The maximum atomic E-state index is 13.9. The summed E-state index contributed by atoms with van der Waals surface area (Å²) in [4.78, 5) is 39.4. The number of aliphatic hydroxyl groups is 17. The van der Waals surface area contributed by atoms with Crippen LogP contribution in [0.4, 0.5) is 0 Å². The summed E-state index contributed by atoms with van der Waals surface area (Å²) < 4.78 is 74.4. The normalized spacial score (nSPS) is 49.7. The highest BCUT2D eigenvalue weighted by molar-refractivity contribution is 6.20. The maximum Gasteiger partial charge on any atom is 0.327 e. The number of esters is 1. The lowest BCUT2D eigenvalue weighted by atomic mass is 9.82. The number of carbonyl (C=O) groups excluding carboxylic acids is 3. The Morgan fingerprint density at radius 2 is 0.526 bits per heavy atom. The number of ketones is 2. The van der Waals surface area contributed by atoms with Crippen LogP contribution in [0.2, 0.25) is 0 Å². The number of Topliss-reactive ketones (excluding diaryl/α,β-unsaturated/α-hetero) is 2. The van der Waals surface area contributed by atoms with Gasteiger partial charge in [0.2, 0.25) is 0 Å². The second-order valence-electron chi connectivity index (χ2n) is 19.5. The molecule has 0 aromatic rings. The molecule has 12 bridgehead atoms. The van der Waals surface area contributed by atoms with Crippen LogP contribution in [0.5, 0.6) is 0 Å². The first kappa shape index (κ1) is 61.3. The average molecular weight is 1110 g/mol. The minimum absolute atomic E-state index is 0.874. The molecule has 22 aliphatic rings. The van der Waals surface area contributed by atoms with Crippen LogP contribution in [0.25, 0.3) is 0 Å². The largest absolute Gasteiger partial charge is 0.455 e. The number of rotatable bonds is 10. The van der Waals surface area contributed by atoms with Gasteiger partial charge >= 0.3 is 5.97 Å². The van der Waals surface area contributed by atoms with Gasteiger partial charge in [0, 0.05) is 0 Å². The highest BCUT2D eigenvalue weighted by Crippen LogP contribution is 2.39. The van der Waals surface area contributed by atoms with Gasteiger partial charge in [-0.1, -0.05) is 0 Å². The summed E-state index contributed by atoms with van der Waals surface area (Å²) in [6.07, 6.45) is -62.0. The topological polar surface area (TPSA) is 515 Å². The fourth-order valence-electron chi connectivity index (χ4n) is 9.82. The zero-order chi connectivity index (χ0) is 56.0. The van der Waals surface area contributed by atoms with Crippen LogP contribution in [0.15, 0.2) is 0 Å². The third-order valence-electron chi connectivity index (χ3n) is 14.7. The van der Waals surface area contributed by atoms with Gasteiger partial charge in [-0.15, -0.1) is 0 Å². The van der Waals surface area contributed by atoms with Crippen LogP contribution >= 0.6 is 0 Å². The Bertz CT molecular complexity index is 1910. The van der Waals surface area contributed by atoms with Gasteiger partial charge in [-0.25, -0.2) is 0 Å². The van der Waals surface area contributed by atoms with Crippen molar-refractivity contribution in [1.82, 2.24) is 0 Å². The number of carbonyl (C=O) groups is 3. The van der Waals surface area contributed by atoms with E-state index in [4.69, 9.17) is 61.6 Å². The molecule has 22 fully saturated rings. The summed E-state index contributed by atoms with van der Waals surface area (Å²) in [5.74, 6) is -3.70. The van der Waals surface area contributed by atoms with Crippen molar-refractivity contribution in [3.8, 4) is 0 Å². The van der Waals surface area contributed by atoms with Crippen LogP contribution in [0.1, 0.15) is 20.8 Å². The molecule has 438 valence electrons. The van der Waals surface area contributed by atoms with Crippen molar-refractivity contribution in [3.63, 3.8) is 0 Å². The molecule has 22 rings (SSSR count). The number of hydrogen-bond acceptors (Lipinski definition) is 33. The van der Waals surface area contributed by atoms with E-state index in [1.165, 1.54) is 0 Å². The molecule has 0 amide bonds. The van der Waals surface area contributed by atoms with Gasteiger partial charge in [0.25, 0.3) is 0 Å². The summed E-state index contributed by atoms with van der Waals surface area (Å²) >= 11 is 0. The SMILES string of the molecule is CC(=O)C(C)(C(C)=O)C(=O)O[C@@H]1[C@@H](O)[C@H]2O[C@H]3[C@H](O)[C@@H](O)[C@@H](O[C@H]4[C@H](O)[C@@H](O)[C@@H](O[C@H]5[C@H](O)[C@@H](O)[C@@H](O[C@H]6[C@H](O)[C@@H](O)[C@@H](O[C@H]7[C@H](O)[C@@H](O)[C@@H](O[C@H]1[C@@H](CO)O2)O[C@@H]7CO)O[C@@H]6CO)O[C@@H]5CO)O[C@@H]4CO)O[C@@H]3CO. The van der Waals surface area contributed by atoms with E-state index in [1.54, 1.807) is 0 Å². The Kier molecular flexibility index (Phi) is 20.3. The highest BCUT2D eigenvalue weighted by Gasteiger charge is 2.60. The predicted octanol–water partition coefficient (Wildman–Crippen LogP) is -12.3. The van der Waals surface area contributed by atoms with Crippen LogP contribution < -0.4 is 0 Å². The first-order valence-electron chi connectivity index (χ1n) is 24.1. The molecule has 17 N–H and O–H groups in total. The van der Waals surface area contributed by atoms with E-state index in [2.05, 4.69) is 0 Å². The maximum absolute atomic E-state index is 13.9. The molecular formula is C43H68O33. The lowest BCUT2D eigenvalue weighted by molar-refractivity contribution is -0.404. The summed E-state index contributed by atoms with van der Waals surface area (Å²) in [6.45, 7) is -3.88. The Morgan fingerprint density at radius 1 is 0.329 bits per heavy atom. The predicted molar refractivity (Wildman–Crippen MR) is 229 cm³/mol. The average Bonchev–Trinajstić information content (AvgIpc) is 3.43. The molecule has 0 aliphatic carbocycles. The van der Waals surface area contributed by atoms with Gasteiger partial charge in [0.15, 0.2) is 60.8 Å². The highest BCUT2D eigenvalue weighted by atomic mass is 16.8. The third kappa shape index (κ3) is 11.6. The van der Waals surface area contributed by atoms with Gasteiger partial charge in [0.1, 0.15) is 140 Å². The van der Waals surface area contributed by atoms with E-state index in [0.717, 1.165) is 20.8 Å². The zero-order valence-corrected chi connectivity index (χ0v) is 40.7. The van der Waals surface area contributed by atoms with Crippen molar-refractivity contribution in [1.29, 1.82) is 0 Å². The molecule has 30 atom stereocenters. The summed E-state index contributed by atoms with van der Waals surface area (Å²) in [6, 6.07) is 0. The minimum Gasteiger partial charge on any atom is -0.455 e. The monoisotopic (exact) mass is 1110 g/mol.